The first-order valence-electron chi connectivity index (χ1n) is 7.60. The Kier molecular flexibility index (Phi) is 6.12. The summed E-state index contributed by atoms with van der Waals surface area (Å²) in [5.41, 5.74) is 0.453. The number of carbonyl (C=O) groups is 1. The number of sulfone groups is 1. The van der Waals surface area contributed by atoms with E-state index in [0.29, 0.717) is 12.0 Å². The average Bonchev–Trinajstić information content (AvgIpc) is 3.03. The Morgan fingerprint density at radius 3 is 2.42 bits per heavy atom. The van der Waals surface area contributed by atoms with E-state index in [2.05, 4.69) is 5.32 Å². The van der Waals surface area contributed by atoms with Crippen LogP contribution < -0.4 is 5.32 Å². The molecule has 0 saturated carbocycles. The van der Waals surface area contributed by atoms with Gasteiger partial charge in [-0.15, -0.1) is 11.3 Å². The summed E-state index contributed by atoms with van der Waals surface area (Å²) in [7, 11) is -3.67. The zero-order valence-electron chi connectivity index (χ0n) is 13.5. The SMILES string of the molecule is CC(C)CC(=O)NC[C@@H](c1ccc(F)cc1)S(=O)(=O)c1cccs1. The summed E-state index contributed by atoms with van der Waals surface area (Å²) in [5.74, 6) is -0.448. The molecular weight excluding hydrogens is 349 g/mol. The van der Waals surface area contributed by atoms with Gasteiger partial charge in [0.15, 0.2) is 9.84 Å². The quantitative estimate of drug-likeness (QED) is 0.812. The molecule has 0 bridgehead atoms. The molecule has 1 aromatic heterocycles. The lowest BCUT2D eigenvalue weighted by Crippen LogP contribution is -2.32. The van der Waals surface area contributed by atoms with Crippen LogP contribution in [0.5, 0.6) is 0 Å². The van der Waals surface area contributed by atoms with E-state index in [9.17, 15) is 17.6 Å². The Hall–Kier alpha value is -1.73. The predicted molar refractivity (Wildman–Crippen MR) is 93.1 cm³/mol. The van der Waals surface area contributed by atoms with Crippen molar-refractivity contribution in [2.24, 2.45) is 5.92 Å². The number of hydrogen-bond acceptors (Lipinski definition) is 4. The van der Waals surface area contributed by atoms with Crippen LogP contribution in [0.4, 0.5) is 4.39 Å². The molecule has 130 valence electrons. The molecule has 0 unspecified atom stereocenters. The van der Waals surface area contributed by atoms with Crippen LogP contribution in [0, 0.1) is 11.7 Å². The molecule has 0 fully saturated rings. The van der Waals surface area contributed by atoms with E-state index >= 15 is 0 Å². The highest BCUT2D eigenvalue weighted by Gasteiger charge is 2.30. The Labute approximate surface area is 145 Å². The van der Waals surface area contributed by atoms with Crippen LogP contribution in [0.3, 0.4) is 0 Å². The molecule has 1 aromatic carbocycles. The van der Waals surface area contributed by atoms with Crippen molar-refractivity contribution in [3.05, 3.63) is 53.2 Å². The molecule has 7 heteroatoms. The van der Waals surface area contributed by atoms with Crippen molar-refractivity contribution in [3.8, 4) is 0 Å². The normalized spacial score (nSPS) is 13.0. The van der Waals surface area contributed by atoms with Crippen LogP contribution in [0.15, 0.2) is 46.0 Å². The van der Waals surface area contributed by atoms with E-state index in [0.717, 1.165) is 11.3 Å². The lowest BCUT2D eigenvalue weighted by molar-refractivity contribution is -0.121. The van der Waals surface area contributed by atoms with Crippen LogP contribution in [-0.2, 0) is 14.6 Å². The summed E-state index contributed by atoms with van der Waals surface area (Å²) in [6, 6.07) is 8.53. The number of hydrogen-bond donors (Lipinski definition) is 1. The average molecular weight is 369 g/mol. The molecule has 24 heavy (non-hydrogen) atoms. The second kappa shape index (κ2) is 7.90. The highest BCUT2D eigenvalue weighted by atomic mass is 32.2. The minimum absolute atomic E-state index is 0.0442. The van der Waals surface area contributed by atoms with Crippen molar-refractivity contribution in [2.45, 2.75) is 29.7 Å². The molecule has 2 aromatic rings. The van der Waals surface area contributed by atoms with E-state index in [-0.39, 0.29) is 22.6 Å². The number of thiophene rings is 1. The fraction of sp³-hybridized carbons (Fsp3) is 0.353. The van der Waals surface area contributed by atoms with E-state index in [1.54, 1.807) is 11.4 Å². The summed E-state index contributed by atoms with van der Waals surface area (Å²) in [6.07, 6.45) is 0.329. The molecule has 1 atom stereocenters. The van der Waals surface area contributed by atoms with Crippen molar-refractivity contribution in [2.75, 3.05) is 6.54 Å². The van der Waals surface area contributed by atoms with Gasteiger partial charge in [0.2, 0.25) is 5.91 Å². The van der Waals surface area contributed by atoms with Gasteiger partial charge in [-0.1, -0.05) is 32.0 Å². The first-order valence-corrected chi connectivity index (χ1v) is 10.0. The highest BCUT2D eigenvalue weighted by Crippen LogP contribution is 2.31. The van der Waals surface area contributed by atoms with Crippen LogP contribution >= 0.6 is 11.3 Å². The Morgan fingerprint density at radius 2 is 1.88 bits per heavy atom. The van der Waals surface area contributed by atoms with Crippen LogP contribution in [-0.4, -0.2) is 20.9 Å². The minimum Gasteiger partial charge on any atom is -0.354 e. The first kappa shape index (κ1) is 18.6. The van der Waals surface area contributed by atoms with Crippen molar-refractivity contribution < 1.29 is 17.6 Å². The van der Waals surface area contributed by atoms with Gasteiger partial charge in [0, 0.05) is 13.0 Å². The number of nitrogens with one attached hydrogen (secondary N) is 1. The van der Waals surface area contributed by atoms with Gasteiger partial charge >= 0.3 is 0 Å². The number of rotatable bonds is 7. The van der Waals surface area contributed by atoms with Crippen LogP contribution in [0.25, 0.3) is 0 Å². The maximum Gasteiger partial charge on any atom is 0.220 e. The van der Waals surface area contributed by atoms with Gasteiger partial charge in [-0.25, -0.2) is 12.8 Å². The Morgan fingerprint density at radius 1 is 1.21 bits per heavy atom. The molecule has 0 saturated heterocycles. The van der Waals surface area contributed by atoms with Gasteiger partial charge in [0.25, 0.3) is 0 Å². The Bertz CT molecular complexity index is 769. The Balaban J connectivity index is 2.28. The number of carbonyl (C=O) groups excluding carboxylic acids is 1. The molecular formula is C17H20FNO3S2. The van der Waals surface area contributed by atoms with E-state index in [4.69, 9.17) is 0 Å². The number of halogens is 1. The van der Waals surface area contributed by atoms with E-state index < -0.39 is 20.9 Å². The number of benzene rings is 1. The van der Waals surface area contributed by atoms with Gasteiger partial charge in [-0.05, 0) is 35.1 Å². The smallest absolute Gasteiger partial charge is 0.220 e. The van der Waals surface area contributed by atoms with E-state index in [1.165, 1.54) is 30.3 Å². The van der Waals surface area contributed by atoms with Gasteiger partial charge < -0.3 is 5.32 Å². The summed E-state index contributed by atoms with van der Waals surface area (Å²) in [6.45, 7) is 3.79. The monoisotopic (exact) mass is 369 g/mol. The predicted octanol–water partition coefficient (Wildman–Crippen LogP) is 3.56. The minimum atomic E-state index is -3.67. The molecule has 0 aliphatic carbocycles. The van der Waals surface area contributed by atoms with Gasteiger partial charge in [-0.2, -0.15) is 0 Å². The third kappa shape index (κ3) is 4.64. The molecule has 0 spiro atoms. The first-order chi connectivity index (χ1) is 11.3. The molecule has 2 rings (SSSR count). The second-order valence-corrected chi connectivity index (χ2v) is 9.22. The molecule has 0 radical (unpaired) electrons. The zero-order valence-corrected chi connectivity index (χ0v) is 15.2. The summed E-state index contributed by atoms with van der Waals surface area (Å²) >= 11 is 1.13. The summed E-state index contributed by atoms with van der Waals surface area (Å²) < 4.78 is 39.1. The van der Waals surface area contributed by atoms with Crippen molar-refractivity contribution >= 4 is 27.1 Å². The van der Waals surface area contributed by atoms with Crippen molar-refractivity contribution in [3.63, 3.8) is 0 Å². The molecule has 1 heterocycles. The van der Waals surface area contributed by atoms with Gasteiger partial charge in [0.1, 0.15) is 15.3 Å². The maximum absolute atomic E-state index is 13.2. The van der Waals surface area contributed by atoms with Crippen LogP contribution in [0.1, 0.15) is 31.1 Å². The molecule has 1 N–H and O–H groups in total. The molecule has 4 nitrogen and oxygen atoms in total. The standard InChI is InChI=1S/C17H20FNO3S2/c1-12(2)10-16(20)19-11-15(13-5-7-14(18)8-6-13)24(21,22)17-4-3-9-23-17/h3-9,12,15H,10-11H2,1-2H3,(H,19,20)/t15-/m0/s1. The molecule has 1 amide bonds. The highest BCUT2D eigenvalue weighted by molar-refractivity contribution is 7.93. The largest absolute Gasteiger partial charge is 0.354 e. The van der Waals surface area contributed by atoms with Crippen molar-refractivity contribution in [1.29, 1.82) is 0 Å². The zero-order chi connectivity index (χ0) is 17.7. The lowest BCUT2D eigenvalue weighted by atomic mass is 10.1. The molecule has 0 aliphatic rings. The third-order valence-corrected chi connectivity index (χ3v) is 7.00. The van der Waals surface area contributed by atoms with Gasteiger partial charge in [-0.3, -0.25) is 4.79 Å². The summed E-state index contributed by atoms with van der Waals surface area (Å²) in [5, 5.41) is 3.42. The van der Waals surface area contributed by atoms with Crippen LogP contribution in [0.2, 0.25) is 0 Å². The third-order valence-electron chi connectivity index (χ3n) is 3.47. The van der Waals surface area contributed by atoms with Crippen molar-refractivity contribution in [1.82, 2.24) is 5.32 Å². The van der Waals surface area contributed by atoms with E-state index in [1.807, 2.05) is 13.8 Å². The van der Waals surface area contributed by atoms with Gasteiger partial charge in [0.05, 0.1) is 0 Å². The molecule has 0 aliphatic heterocycles. The lowest BCUT2D eigenvalue weighted by Gasteiger charge is -2.18. The fourth-order valence-electron chi connectivity index (χ4n) is 2.30. The maximum atomic E-state index is 13.2. The topological polar surface area (TPSA) is 63.2 Å². The summed E-state index contributed by atoms with van der Waals surface area (Å²) in [4.78, 5) is 11.9. The number of amides is 1. The fourth-order valence-corrected chi connectivity index (χ4v) is 5.17. The second-order valence-electron chi connectivity index (χ2n) is 5.92.